The summed E-state index contributed by atoms with van der Waals surface area (Å²) in [7, 11) is 0. The quantitative estimate of drug-likeness (QED) is 0.372. The molecule has 1 aliphatic heterocycles. The van der Waals surface area contributed by atoms with E-state index in [1.54, 1.807) is 0 Å². The zero-order chi connectivity index (χ0) is 25.8. The molecule has 4 aromatic rings. The van der Waals surface area contributed by atoms with Crippen LogP contribution in [-0.2, 0) is 0 Å². The summed E-state index contributed by atoms with van der Waals surface area (Å²) in [6.45, 7) is 8.76. The molecule has 192 valence electrons. The minimum atomic E-state index is 0.0223. The Kier molecular flexibility index (Phi) is 7.48. The number of aromatic nitrogens is 2. The number of rotatable bonds is 8. The number of nitrogens with one attached hydrogen (secondary N) is 1. The van der Waals surface area contributed by atoms with E-state index in [9.17, 15) is 4.79 Å². The lowest BCUT2D eigenvalue weighted by Crippen LogP contribution is -2.49. The first kappa shape index (κ1) is 24.9. The molecule has 0 saturated carbocycles. The molecule has 0 spiro atoms. The van der Waals surface area contributed by atoms with Gasteiger partial charge in [-0.15, -0.1) is 0 Å². The normalized spacial score (nSPS) is 14.4. The van der Waals surface area contributed by atoms with Crippen molar-refractivity contribution in [1.82, 2.24) is 19.8 Å². The Morgan fingerprint density at radius 3 is 2.41 bits per heavy atom. The molecule has 2 aromatic carbocycles. The molecule has 0 aliphatic carbocycles. The lowest BCUT2D eigenvalue weighted by molar-refractivity contribution is 0.0615. The number of carbonyl (C=O) groups excluding carboxylic acids is 1. The summed E-state index contributed by atoms with van der Waals surface area (Å²) < 4.78 is 6.33. The van der Waals surface area contributed by atoms with Crippen LogP contribution in [0.2, 0.25) is 0 Å². The summed E-state index contributed by atoms with van der Waals surface area (Å²) >= 11 is 0. The highest BCUT2D eigenvalue weighted by molar-refractivity contribution is 6.06. The fourth-order valence-electron chi connectivity index (χ4n) is 4.71. The Morgan fingerprint density at radius 1 is 1.00 bits per heavy atom. The molecule has 3 heterocycles. The number of piperazine rings is 1. The van der Waals surface area contributed by atoms with Crippen LogP contribution < -0.4 is 5.32 Å². The topological polar surface area (TPSA) is 94.7 Å². The van der Waals surface area contributed by atoms with E-state index in [0.29, 0.717) is 42.6 Å². The van der Waals surface area contributed by atoms with Gasteiger partial charge >= 0.3 is 0 Å². The standard InChI is InChI=1S/C29H33N5O3/c1-20(2)18-30-27-25-24(21-6-4-3-5-7-21)26(37-28(25)32-19-31-27)22-8-10-23(11-9-22)29(36)34-14-12-33(13-15-34)16-17-35/h3-11,19-20,35H,12-18H2,1-2H3,(H,30,31,32). The van der Waals surface area contributed by atoms with E-state index < -0.39 is 0 Å². The van der Waals surface area contributed by atoms with Crippen molar-refractivity contribution >= 4 is 22.8 Å². The minimum Gasteiger partial charge on any atom is -0.437 e. The molecule has 2 N–H and O–H groups in total. The van der Waals surface area contributed by atoms with Crippen LogP contribution >= 0.6 is 0 Å². The van der Waals surface area contributed by atoms with E-state index in [1.807, 2.05) is 47.4 Å². The summed E-state index contributed by atoms with van der Waals surface area (Å²) in [5, 5.41) is 13.5. The number of hydrogen-bond donors (Lipinski definition) is 2. The van der Waals surface area contributed by atoms with Crippen LogP contribution in [0.1, 0.15) is 24.2 Å². The van der Waals surface area contributed by atoms with Crippen LogP contribution in [-0.4, -0.2) is 76.7 Å². The van der Waals surface area contributed by atoms with Crippen molar-refractivity contribution in [2.24, 2.45) is 5.92 Å². The van der Waals surface area contributed by atoms with Crippen molar-refractivity contribution < 1.29 is 14.3 Å². The van der Waals surface area contributed by atoms with Gasteiger partial charge in [-0.2, -0.15) is 0 Å². The molecular weight excluding hydrogens is 466 g/mol. The van der Waals surface area contributed by atoms with Gasteiger partial charge in [0.05, 0.1) is 12.0 Å². The molecule has 1 amide bonds. The maximum Gasteiger partial charge on any atom is 0.253 e. The lowest BCUT2D eigenvalue weighted by atomic mass is 9.98. The monoisotopic (exact) mass is 499 g/mol. The third-order valence-electron chi connectivity index (χ3n) is 6.70. The van der Waals surface area contributed by atoms with Gasteiger partial charge in [-0.1, -0.05) is 56.3 Å². The van der Waals surface area contributed by atoms with Crippen LogP contribution in [0.25, 0.3) is 33.6 Å². The number of anilines is 1. The van der Waals surface area contributed by atoms with Gasteiger partial charge in [-0.05, 0) is 23.6 Å². The first-order chi connectivity index (χ1) is 18.0. The maximum atomic E-state index is 13.1. The van der Waals surface area contributed by atoms with E-state index in [0.717, 1.165) is 47.5 Å². The van der Waals surface area contributed by atoms with Gasteiger partial charge in [-0.25, -0.2) is 9.97 Å². The molecule has 0 atom stereocenters. The van der Waals surface area contributed by atoms with Gasteiger partial charge in [0.2, 0.25) is 5.71 Å². The van der Waals surface area contributed by atoms with Gasteiger partial charge < -0.3 is 19.7 Å². The number of benzene rings is 2. The maximum absolute atomic E-state index is 13.1. The highest BCUT2D eigenvalue weighted by atomic mass is 16.3. The summed E-state index contributed by atoms with van der Waals surface area (Å²) in [4.78, 5) is 26.1. The molecule has 5 rings (SSSR count). The van der Waals surface area contributed by atoms with E-state index in [2.05, 4.69) is 46.2 Å². The average molecular weight is 500 g/mol. The number of aliphatic hydroxyl groups is 1. The largest absolute Gasteiger partial charge is 0.437 e. The smallest absolute Gasteiger partial charge is 0.253 e. The summed E-state index contributed by atoms with van der Waals surface area (Å²) in [6.07, 6.45) is 1.52. The van der Waals surface area contributed by atoms with E-state index in [4.69, 9.17) is 9.52 Å². The molecule has 0 radical (unpaired) electrons. The van der Waals surface area contributed by atoms with E-state index in [1.165, 1.54) is 6.33 Å². The Labute approximate surface area is 216 Å². The number of hydrogen-bond acceptors (Lipinski definition) is 7. The molecular formula is C29H33N5O3. The van der Waals surface area contributed by atoms with Crippen LogP contribution in [0.3, 0.4) is 0 Å². The number of β-amino-alcohol motifs (C(OH)–C–C–N with tert-alkyl or cyclic N) is 1. The number of furan rings is 1. The molecule has 0 bridgehead atoms. The number of carbonyl (C=O) groups is 1. The van der Waals surface area contributed by atoms with Gasteiger partial charge in [0.1, 0.15) is 17.9 Å². The summed E-state index contributed by atoms with van der Waals surface area (Å²) in [6, 6.07) is 17.7. The van der Waals surface area contributed by atoms with Crippen molar-refractivity contribution in [3.63, 3.8) is 0 Å². The predicted octanol–water partition coefficient (Wildman–Crippen LogP) is 4.37. The average Bonchev–Trinajstić information content (AvgIpc) is 3.33. The molecule has 8 heteroatoms. The highest BCUT2D eigenvalue weighted by Crippen LogP contribution is 2.42. The Morgan fingerprint density at radius 2 is 1.73 bits per heavy atom. The molecule has 2 aromatic heterocycles. The second-order valence-electron chi connectivity index (χ2n) is 9.78. The third kappa shape index (κ3) is 5.35. The van der Waals surface area contributed by atoms with Gasteiger partial charge in [-0.3, -0.25) is 9.69 Å². The predicted molar refractivity (Wildman–Crippen MR) is 145 cm³/mol. The van der Waals surface area contributed by atoms with Crippen LogP contribution in [0.4, 0.5) is 5.82 Å². The Balaban J connectivity index is 1.48. The Bertz CT molecular complexity index is 1340. The van der Waals surface area contributed by atoms with Crippen LogP contribution in [0, 0.1) is 5.92 Å². The lowest BCUT2D eigenvalue weighted by Gasteiger charge is -2.34. The van der Waals surface area contributed by atoms with Crippen molar-refractivity contribution in [3.05, 3.63) is 66.5 Å². The molecule has 1 aliphatic rings. The molecule has 1 fully saturated rings. The van der Waals surface area contributed by atoms with Gasteiger partial charge in [0.25, 0.3) is 5.91 Å². The SMILES string of the molecule is CC(C)CNc1ncnc2oc(-c3ccc(C(=O)N4CCN(CCO)CC4)cc3)c(-c3ccccc3)c12. The zero-order valence-corrected chi connectivity index (χ0v) is 21.4. The number of fused-ring (bicyclic) bond motifs is 1. The number of amides is 1. The first-order valence-corrected chi connectivity index (χ1v) is 12.8. The van der Waals surface area contributed by atoms with Crippen molar-refractivity contribution in [2.45, 2.75) is 13.8 Å². The number of aliphatic hydroxyl groups excluding tert-OH is 1. The van der Waals surface area contributed by atoms with Gasteiger partial charge in [0, 0.05) is 56.0 Å². The molecule has 8 nitrogen and oxygen atoms in total. The highest BCUT2D eigenvalue weighted by Gasteiger charge is 2.24. The van der Waals surface area contributed by atoms with E-state index >= 15 is 0 Å². The van der Waals surface area contributed by atoms with E-state index in [-0.39, 0.29) is 12.5 Å². The summed E-state index contributed by atoms with van der Waals surface area (Å²) in [5.74, 6) is 1.93. The van der Waals surface area contributed by atoms with Crippen LogP contribution in [0.15, 0.2) is 65.3 Å². The summed E-state index contributed by atoms with van der Waals surface area (Å²) in [5.41, 5.74) is 3.99. The zero-order valence-electron chi connectivity index (χ0n) is 21.4. The van der Waals surface area contributed by atoms with Crippen molar-refractivity contribution in [1.29, 1.82) is 0 Å². The third-order valence-corrected chi connectivity index (χ3v) is 6.70. The van der Waals surface area contributed by atoms with Crippen molar-refractivity contribution in [2.75, 3.05) is 51.2 Å². The number of nitrogens with zero attached hydrogens (tertiary/aromatic N) is 4. The second-order valence-corrected chi connectivity index (χ2v) is 9.78. The molecule has 1 saturated heterocycles. The van der Waals surface area contributed by atoms with Gasteiger partial charge in [0.15, 0.2) is 0 Å². The minimum absolute atomic E-state index is 0.0223. The molecule has 37 heavy (non-hydrogen) atoms. The first-order valence-electron chi connectivity index (χ1n) is 12.8. The second kappa shape index (κ2) is 11.1. The Hall–Kier alpha value is -3.75. The fourth-order valence-corrected chi connectivity index (χ4v) is 4.71. The van der Waals surface area contributed by atoms with Crippen LogP contribution in [0.5, 0.6) is 0 Å². The van der Waals surface area contributed by atoms with Crippen molar-refractivity contribution in [3.8, 4) is 22.5 Å². The fraction of sp³-hybridized carbons (Fsp3) is 0.345. The molecule has 0 unspecified atom stereocenters.